The number of carboxylic acid groups (broad SMARTS) is 1. The molecule has 1 aliphatic carbocycles. The van der Waals surface area contributed by atoms with E-state index in [9.17, 15) is 19.5 Å². The third kappa shape index (κ3) is 4.92. The van der Waals surface area contributed by atoms with E-state index in [-0.39, 0.29) is 43.9 Å². The highest BCUT2D eigenvalue weighted by atomic mass is 16.5. The van der Waals surface area contributed by atoms with Gasteiger partial charge in [0.05, 0.1) is 18.4 Å². The van der Waals surface area contributed by atoms with Gasteiger partial charge in [0, 0.05) is 32.7 Å². The summed E-state index contributed by atoms with van der Waals surface area (Å²) in [5, 5.41) is 12.0. The van der Waals surface area contributed by atoms with Gasteiger partial charge in [-0.3, -0.25) is 9.59 Å². The van der Waals surface area contributed by atoms with Crippen LogP contribution in [0.4, 0.5) is 4.79 Å². The van der Waals surface area contributed by atoms with Gasteiger partial charge in [0.15, 0.2) is 0 Å². The molecule has 2 aromatic rings. The molecule has 1 saturated heterocycles. The molecule has 2 aromatic carbocycles. The summed E-state index contributed by atoms with van der Waals surface area (Å²) in [7, 11) is 1.48. The quantitative estimate of drug-likeness (QED) is 0.619. The van der Waals surface area contributed by atoms with E-state index in [2.05, 4.69) is 29.6 Å². The smallest absolute Gasteiger partial charge is 0.407 e. The number of aliphatic carboxylic acids is 1. The fourth-order valence-corrected chi connectivity index (χ4v) is 4.90. The van der Waals surface area contributed by atoms with E-state index in [1.165, 1.54) is 7.11 Å². The van der Waals surface area contributed by atoms with E-state index in [0.717, 1.165) is 22.3 Å². The van der Waals surface area contributed by atoms with Crippen LogP contribution in [0.15, 0.2) is 48.5 Å². The second-order valence-corrected chi connectivity index (χ2v) is 8.99. The van der Waals surface area contributed by atoms with Crippen LogP contribution in [0.25, 0.3) is 11.1 Å². The van der Waals surface area contributed by atoms with Crippen molar-refractivity contribution in [2.45, 2.75) is 25.4 Å². The van der Waals surface area contributed by atoms with Crippen LogP contribution in [0.1, 0.15) is 30.4 Å². The molecule has 34 heavy (non-hydrogen) atoms. The summed E-state index contributed by atoms with van der Waals surface area (Å²) in [5.41, 5.74) is 4.59. The molecule has 1 unspecified atom stereocenters. The molecule has 2 N–H and O–H groups in total. The number of hydrogen-bond acceptors (Lipinski definition) is 5. The standard InChI is InChI=1S/C26H30N2O6/c1-16-13-28(14-22(16)25(30)31)24(29)11-17(33-2)12-27-26(32)34-15-23-20-9-5-3-7-18(20)19-8-4-6-10-21(19)23/h3-10,16-17,22-23H,11-15H2,1-2H3,(H,27,32)(H,30,31)/t16-,17?,22-/m1/s1. The fourth-order valence-electron chi connectivity index (χ4n) is 4.90. The van der Waals surface area contributed by atoms with Crippen LogP contribution in [0.2, 0.25) is 0 Å². The zero-order valence-electron chi connectivity index (χ0n) is 19.4. The summed E-state index contributed by atoms with van der Waals surface area (Å²) in [6.45, 7) is 2.76. The molecule has 0 spiro atoms. The zero-order chi connectivity index (χ0) is 24.2. The summed E-state index contributed by atoms with van der Waals surface area (Å²) < 4.78 is 10.9. The van der Waals surface area contributed by atoms with Crippen LogP contribution in [0, 0.1) is 11.8 Å². The average molecular weight is 467 g/mol. The number of carbonyl (C=O) groups is 3. The van der Waals surface area contributed by atoms with E-state index in [1.807, 2.05) is 31.2 Å². The van der Waals surface area contributed by atoms with Gasteiger partial charge in [-0.1, -0.05) is 55.5 Å². The topological polar surface area (TPSA) is 105 Å². The second kappa shape index (κ2) is 10.3. The second-order valence-electron chi connectivity index (χ2n) is 8.99. The Labute approximate surface area is 198 Å². The monoisotopic (exact) mass is 466 g/mol. The van der Waals surface area contributed by atoms with Crippen molar-refractivity contribution in [2.24, 2.45) is 11.8 Å². The molecular weight excluding hydrogens is 436 g/mol. The van der Waals surface area contributed by atoms with E-state index in [0.29, 0.717) is 6.54 Å². The first-order valence-corrected chi connectivity index (χ1v) is 11.5. The van der Waals surface area contributed by atoms with Gasteiger partial charge >= 0.3 is 12.1 Å². The predicted octanol–water partition coefficient (Wildman–Crippen LogP) is 3.11. The number of nitrogens with zero attached hydrogens (tertiary/aromatic N) is 1. The number of hydrogen-bond donors (Lipinski definition) is 2. The number of carboxylic acids is 1. The summed E-state index contributed by atoms with van der Waals surface area (Å²) in [6, 6.07) is 16.2. The molecule has 1 aliphatic heterocycles. The molecule has 8 nitrogen and oxygen atoms in total. The van der Waals surface area contributed by atoms with E-state index in [4.69, 9.17) is 9.47 Å². The Balaban J connectivity index is 1.28. The van der Waals surface area contributed by atoms with Crippen molar-refractivity contribution in [2.75, 3.05) is 33.4 Å². The Kier molecular flexibility index (Phi) is 7.17. The van der Waals surface area contributed by atoms with E-state index in [1.54, 1.807) is 4.90 Å². The van der Waals surface area contributed by atoms with Crippen molar-refractivity contribution in [1.29, 1.82) is 0 Å². The minimum Gasteiger partial charge on any atom is -0.481 e. The van der Waals surface area contributed by atoms with Crippen molar-refractivity contribution in [3.05, 3.63) is 59.7 Å². The van der Waals surface area contributed by atoms with Crippen molar-refractivity contribution in [1.82, 2.24) is 10.2 Å². The van der Waals surface area contributed by atoms with E-state index < -0.39 is 24.1 Å². The van der Waals surface area contributed by atoms with Crippen molar-refractivity contribution >= 4 is 18.0 Å². The van der Waals surface area contributed by atoms with Crippen LogP contribution in [-0.4, -0.2) is 67.4 Å². The summed E-state index contributed by atoms with van der Waals surface area (Å²) >= 11 is 0. The molecule has 1 heterocycles. The van der Waals surface area contributed by atoms with Crippen LogP contribution < -0.4 is 5.32 Å². The molecule has 3 atom stereocenters. The van der Waals surface area contributed by atoms with Gasteiger partial charge in [0.2, 0.25) is 5.91 Å². The number of likely N-dealkylation sites (tertiary alicyclic amines) is 1. The minimum atomic E-state index is -0.886. The summed E-state index contributed by atoms with van der Waals surface area (Å²) in [6.07, 6.45) is -1.05. The molecule has 8 heteroatoms. The van der Waals surface area contributed by atoms with E-state index >= 15 is 0 Å². The van der Waals surface area contributed by atoms with Gasteiger partial charge in [-0.2, -0.15) is 0 Å². The van der Waals surface area contributed by atoms with Crippen LogP contribution >= 0.6 is 0 Å². The number of methoxy groups -OCH3 is 1. The van der Waals surface area contributed by atoms with Crippen molar-refractivity contribution in [3.8, 4) is 11.1 Å². The van der Waals surface area contributed by atoms with Crippen molar-refractivity contribution < 1.29 is 29.0 Å². The number of ether oxygens (including phenoxy) is 2. The highest BCUT2D eigenvalue weighted by molar-refractivity contribution is 5.80. The number of nitrogens with one attached hydrogen (secondary N) is 1. The van der Waals surface area contributed by atoms with Gasteiger partial charge in [0.1, 0.15) is 6.61 Å². The maximum absolute atomic E-state index is 12.6. The first-order chi connectivity index (χ1) is 16.4. The third-order valence-corrected chi connectivity index (χ3v) is 6.84. The number of fused-ring (bicyclic) bond motifs is 3. The molecular formula is C26H30N2O6. The zero-order valence-corrected chi connectivity index (χ0v) is 19.4. The molecule has 180 valence electrons. The Morgan fingerprint density at radius 1 is 1.06 bits per heavy atom. The fraction of sp³-hybridized carbons (Fsp3) is 0.423. The Morgan fingerprint density at radius 3 is 2.24 bits per heavy atom. The van der Waals surface area contributed by atoms with Crippen molar-refractivity contribution in [3.63, 3.8) is 0 Å². The maximum atomic E-state index is 12.6. The summed E-state index contributed by atoms with van der Waals surface area (Å²) in [5.74, 6) is -1.75. The molecule has 0 bridgehead atoms. The first-order valence-electron chi connectivity index (χ1n) is 11.5. The molecule has 0 aromatic heterocycles. The maximum Gasteiger partial charge on any atom is 0.407 e. The highest BCUT2D eigenvalue weighted by Gasteiger charge is 2.37. The lowest BCUT2D eigenvalue weighted by molar-refractivity contribution is -0.142. The van der Waals surface area contributed by atoms with Crippen LogP contribution in [-0.2, 0) is 19.1 Å². The Bertz CT molecular complexity index is 1030. The molecule has 4 rings (SSSR count). The molecule has 0 radical (unpaired) electrons. The predicted molar refractivity (Wildman–Crippen MR) is 125 cm³/mol. The normalized spacial score (nSPS) is 19.9. The SMILES string of the molecule is COC(CNC(=O)OCC1c2ccccc2-c2ccccc21)CC(=O)N1C[C@@H](C)[C@H](C(=O)O)C1. The first kappa shape index (κ1) is 23.8. The molecule has 2 aliphatic rings. The van der Waals surface area contributed by atoms with Crippen LogP contribution in [0.5, 0.6) is 0 Å². The Hall–Kier alpha value is -3.39. The molecule has 1 fully saturated rings. The van der Waals surface area contributed by atoms with Gasteiger partial charge in [-0.25, -0.2) is 4.79 Å². The van der Waals surface area contributed by atoms with Gasteiger partial charge < -0.3 is 24.8 Å². The lowest BCUT2D eigenvalue weighted by atomic mass is 9.98. The van der Waals surface area contributed by atoms with Gasteiger partial charge in [-0.15, -0.1) is 0 Å². The van der Waals surface area contributed by atoms with Gasteiger partial charge in [0.25, 0.3) is 0 Å². The largest absolute Gasteiger partial charge is 0.481 e. The average Bonchev–Trinajstić information content (AvgIpc) is 3.38. The highest BCUT2D eigenvalue weighted by Crippen LogP contribution is 2.44. The summed E-state index contributed by atoms with van der Waals surface area (Å²) in [4.78, 5) is 37.9. The number of benzene rings is 2. The third-order valence-electron chi connectivity index (χ3n) is 6.84. The number of amides is 2. The molecule has 2 amide bonds. The van der Waals surface area contributed by atoms with Crippen LogP contribution in [0.3, 0.4) is 0 Å². The minimum absolute atomic E-state index is 0.0303. The lowest BCUT2D eigenvalue weighted by Gasteiger charge is -2.21. The molecule has 0 saturated carbocycles. The Morgan fingerprint density at radius 2 is 1.68 bits per heavy atom. The number of rotatable bonds is 8. The lowest BCUT2D eigenvalue weighted by Crippen LogP contribution is -2.39. The van der Waals surface area contributed by atoms with Gasteiger partial charge in [-0.05, 0) is 28.2 Å². The number of carbonyl (C=O) groups excluding carboxylic acids is 2. The number of alkyl carbamates (subject to hydrolysis) is 1.